The first-order valence-electron chi connectivity index (χ1n) is 14.3. The Morgan fingerprint density at radius 1 is 0.791 bits per heavy atom. The van der Waals surface area contributed by atoms with E-state index in [-0.39, 0.29) is 12.8 Å². The summed E-state index contributed by atoms with van der Waals surface area (Å²) in [4.78, 5) is 12.9. The van der Waals surface area contributed by atoms with Crippen molar-refractivity contribution in [3.8, 4) is 0 Å². The Labute approximate surface area is 249 Å². The lowest BCUT2D eigenvalue weighted by Crippen LogP contribution is -2.75. The fourth-order valence-corrected chi connectivity index (χ4v) is 5.72. The smallest absolute Gasteiger partial charge is 0.186 e. The van der Waals surface area contributed by atoms with Gasteiger partial charge in [-0.2, -0.15) is 0 Å². The first-order chi connectivity index (χ1) is 19.9. The van der Waals surface area contributed by atoms with E-state index in [1.807, 2.05) is 0 Å². The highest BCUT2D eigenvalue weighted by Crippen LogP contribution is 2.43. The second-order valence-corrected chi connectivity index (χ2v) is 11.3. The number of ketones is 1. The van der Waals surface area contributed by atoms with Crippen molar-refractivity contribution in [3.63, 3.8) is 0 Å². The molecule has 0 aromatic heterocycles. The van der Waals surface area contributed by atoms with Crippen LogP contribution in [-0.2, 0) is 23.7 Å². The first-order valence-corrected chi connectivity index (χ1v) is 14.3. The molecule has 2 aliphatic rings. The third-order valence-corrected chi connectivity index (χ3v) is 8.70. The molecule has 2 rings (SSSR count). The summed E-state index contributed by atoms with van der Waals surface area (Å²) >= 11 is 0. The molecule has 0 aromatic rings. The summed E-state index contributed by atoms with van der Waals surface area (Å²) in [6.07, 6.45) is -20.0. The predicted molar refractivity (Wildman–Crippen MR) is 143 cm³/mol. The number of Topliss-reactive ketones (excluding diaryl/α,β-unsaturated/α-hetero) is 1. The van der Waals surface area contributed by atoms with Gasteiger partial charge in [-0.05, 0) is 26.2 Å². The van der Waals surface area contributed by atoms with Gasteiger partial charge in [0, 0.05) is 0 Å². The Morgan fingerprint density at radius 2 is 1.28 bits per heavy atom. The average molecular weight is 632 g/mol. The van der Waals surface area contributed by atoms with Gasteiger partial charge in [0.2, 0.25) is 0 Å². The highest BCUT2D eigenvalue weighted by Gasteiger charge is 2.65. The van der Waals surface area contributed by atoms with E-state index in [1.54, 1.807) is 0 Å². The molecule has 0 amide bonds. The van der Waals surface area contributed by atoms with Crippen molar-refractivity contribution in [2.24, 2.45) is 5.73 Å². The maximum atomic E-state index is 12.9. The molecule has 0 saturated carbocycles. The Balaban J connectivity index is 2.19. The predicted octanol–water partition coefficient (Wildman–Crippen LogP) is -5.67. The number of carbonyl (C=O) groups is 1. The monoisotopic (exact) mass is 631 g/mol. The molecule has 2 saturated heterocycles. The summed E-state index contributed by atoms with van der Waals surface area (Å²) < 4.78 is 21.5. The highest BCUT2D eigenvalue weighted by molar-refractivity contribution is 5.92. The summed E-state index contributed by atoms with van der Waals surface area (Å²) in [6, 6.07) is -1.22. The van der Waals surface area contributed by atoms with Gasteiger partial charge in [-0.3, -0.25) is 4.79 Å². The minimum Gasteiger partial charge on any atom is -0.394 e. The van der Waals surface area contributed by atoms with Crippen molar-refractivity contribution in [1.82, 2.24) is 0 Å². The van der Waals surface area contributed by atoms with Gasteiger partial charge in [-0.15, -0.1) is 0 Å². The van der Waals surface area contributed by atoms with Crippen LogP contribution in [0, 0.1) is 0 Å². The Morgan fingerprint density at radius 3 is 1.72 bits per heavy atom. The third kappa shape index (κ3) is 7.07. The van der Waals surface area contributed by atoms with Gasteiger partial charge in [0.05, 0.1) is 25.9 Å². The number of nitrogens with two attached hydrogens (primary N) is 1. The van der Waals surface area contributed by atoms with Gasteiger partial charge in [-0.25, -0.2) is 0 Å². The lowest BCUT2D eigenvalue weighted by atomic mass is 9.62. The molecule has 0 spiro atoms. The molecular weight excluding hydrogens is 582 g/mol. The normalized spacial score (nSPS) is 39.3. The topological polar surface area (TPSA) is 303 Å². The van der Waals surface area contributed by atoms with E-state index >= 15 is 0 Å². The van der Waals surface area contributed by atoms with Crippen molar-refractivity contribution in [1.29, 1.82) is 0 Å². The largest absolute Gasteiger partial charge is 0.394 e. The van der Waals surface area contributed by atoms with Crippen LogP contribution in [0.1, 0.15) is 47.0 Å². The van der Waals surface area contributed by atoms with Crippen LogP contribution in [0.3, 0.4) is 0 Å². The second-order valence-electron chi connectivity index (χ2n) is 11.3. The van der Waals surface area contributed by atoms with Crippen molar-refractivity contribution >= 4 is 5.78 Å². The Hall–Kier alpha value is -0.970. The highest BCUT2D eigenvalue weighted by atomic mass is 16.7. The zero-order chi connectivity index (χ0) is 33.1. The van der Waals surface area contributed by atoms with Crippen molar-refractivity contribution < 1.29 is 79.9 Å². The van der Waals surface area contributed by atoms with E-state index < -0.39 is 122 Å². The van der Waals surface area contributed by atoms with Crippen molar-refractivity contribution in [3.05, 3.63) is 0 Å². The van der Waals surface area contributed by atoms with Gasteiger partial charge in [0.15, 0.2) is 24.0 Å². The fraction of sp³-hybridized carbons (Fsp3) is 0.962. The van der Waals surface area contributed by atoms with Crippen LogP contribution in [0.25, 0.3) is 0 Å². The standard InChI is InChI=1S/C26H49NO16/c1-5-24(37,26(39,7-3)25(38,6-2)21(36)11(4)27)14(29)10-41-23-20(35)18(33)16(31)13(43-23)9-40-22-19(34)17(32)15(30)12(8-28)42-22/h11-20,22-23,28-35,37-39H,5-10,27H2,1-4H3/t11?,12-,13-,14-,15-,16-,17+,18+,19-,20-,22+,23+,24-,25+,26+/m1/s1. The van der Waals surface area contributed by atoms with E-state index in [4.69, 9.17) is 24.7 Å². The lowest BCUT2D eigenvalue weighted by Gasteiger charge is -2.53. The van der Waals surface area contributed by atoms with Gasteiger partial charge in [0.25, 0.3) is 0 Å². The molecule has 2 heterocycles. The molecule has 1 unspecified atom stereocenters. The molecule has 2 aliphatic heterocycles. The minimum absolute atomic E-state index is 0.363. The first kappa shape index (κ1) is 38.2. The van der Waals surface area contributed by atoms with Crippen LogP contribution in [-0.4, -0.2) is 172 Å². The van der Waals surface area contributed by atoms with Crippen molar-refractivity contribution in [2.45, 2.75) is 137 Å². The SMILES string of the molecule is CC[C@](O)([C@@](O)(CC)[C@H](O)CO[C@H]1O[C@H](CO[C@H]2O[C@H](CO)[C@@H](O)[C@H](O)[C@H]2O)[C@@H](O)[C@H](O)[C@H]1O)[C@](O)(CC)C(=O)C(C)N. The second kappa shape index (κ2) is 15.1. The van der Waals surface area contributed by atoms with Crippen LogP contribution in [0.2, 0.25) is 0 Å². The molecule has 43 heavy (non-hydrogen) atoms. The summed E-state index contributed by atoms with van der Waals surface area (Å²) in [5.41, 5.74) is -2.09. The summed E-state index contributed by atoms with van der Waals surface area (Å²) in [5.74, 6) is -0.968. The zero-order valence-electron chi connectivity index (χ0n) is 24.7. The molecule has 0 aromatic carbocycles. The van der Waals surface area contributed by atoms with Crippen LogP contribution in [0.5, 0.6) is 0 Å². The van der Waals surface area contributed by atoms with Gasteiger partial charge < -0.3 is 80.9 Å². The molecule has 15 atom stereocenters. The molecule has 254 valence electrons. The molecule has 13 N–H and O–H groups in total. The van der Waals surface area contributed by atoms with Crippen LogP contribution in [0.15, 0.2) is 0 Å². The maximum Gasteiger partial charge on any atom is 0.186 e. The molecule has 17 nitrogen and oxygen atoms in total. The Bertz CT molecular complexity index is 897. The zero-order valence-corrected chi connectivity index (χ0v) is 24.7. The average Bonchev–Trinajstić information content (AvgIpc) is 3.00. The molecule has 0 radical (unpaired) electrons. The number of hydrogen-bond acceptors (Lipinski definition) is 17. The van der Waals surface area contributed by atoms with Gasteiger partial charge in [-0.1, -0.05) is 20.8 Å². The maximum absolute atomic E-state index is 12.9. The number of rotatable bonds is 15. The number of carbonyl (C=O) groups excluding carboxylic acids is 1. The lowest BCUT2D eigenvalue weighted by molar-refractivity contribution is -0.336. The fourth-order valence-electron chi connectivity index (χ4n) is 5.72. The number of aliphatic hydroxyl groups is 11. The van der Waals surface area contributed by atoms with Crippen LogP contribution >= 0.6 is 0 Å². The minimum atomic E-state index is -2.62. The van der Waals surface area contributed by atoms with Crippen molar-refractivity contribution in [2.75, 3.05) is 19.8 Å². The molecular formula is C26H49NO16. The molecule has 17 heteroatoms. The number of ether oxygens (including phenoxy) is 4. The van der Waals surface area contributed by atoms with Gasteiger partial charge >= 0.3 is 0 Å². The quantitative estimate of drug-likeness (QED) is 0.0801. The molecule has 2 fully saturated rings. The Kier molecular flexibility index (Phi) is 13.4. The third-order valence-electron chi connectivity index (χ3n) is 8.70. The summed E-state index contributed by atoms with van der Waals surface area (Å²) in [5, 5.41) is 116. The van der Waals surface area contributed by atoms with E-state index in [2.05, 4.69) is 0 Å². The van der Waals surface area contributed by atoms with Crippen LogP contribution in [0.4, 0.5) is 0 Å². The van der Waals surface area contributed by atoms with E-state index in [1.165, 1.54) is 27.7 Å². The van der Waals surface area contributed by atoms with Crippen LogP contribution < -0.4 is 5.73 Å². The summed E-state index contributed by atoms with van der Waals surface area (Å²) in [7, 11) is 0. The van der Waals surface area contributed by atoms with E-state index in [0.29, 0.717) is 0 Å². The molecule has 0 bridgehead atoms. The van der Waals surface area contributed by atoms with E-state index in [9.17, 15) is 61.0 Å². The molecule has 0 aliphatic carbocycles. The number of hydrogen-bond donors (Lipinski definition) is 12. The number of aliphatic hydroxyl groups excluding tert-OH is 8. The van der Waals surface area contributed by atoms with Gasteiger partial charge in [0.1, 0.15) is 66.1 Å². The van der Waals surface area contributed by atoms with E-state index in [0.717, 1.165) is 0 Å². The summed E-state index contributed by atoms with van der Waals surface area (Å²) in [6.45, 7) is 3.23.